The first kappa shape index (κ1) is 15.7. The van der Waals surface area contributed by atoms with E-state index < -0.39 is 0 Å². The second kappa shape index (κ2) is 6.19. The molecule has 0 bridgehead atoms. The highest BCUT2D eigenvalue weighted by atomic mass is 16.5. The van der Waals surface area contributed by atoms with Crippen LogP contribution in [0.25, 0.3) is 0 Å². The van der Waals surface area contributed by atoms with E-state index >= 15 is 0 Å². The van der Waals surface area contributed by atoms with Crippen molar-refractivity contribution in [3.05, 3.63) is 17.5 Å². The Morgan fingerprint density at radius 2 is 2.21 bits per heavy atom. The van der Waals surface area contributed by atoms with Crippen molar-refractivity contribution in [1.82, 2.24) is 15.4 Å². The molecule has 0 aromatic carbocycles. The van der Waals surface area contributed by atoms with E-state index in [0.29, 0.717) is 6.54 Å². The zero-order chi connectivity index (χ0) is 14.6. The van der Waals surface area contributed by atoms with Gasteiger partial charge in [0.1, 0.15) is 5.76 Å². The zero-order valence-corrected chi connectivity index (χ0v) is 12.8. The SMILES string of the molecule is CCC(C)(C)NC(=O)C(C)N(C)Cc1cc(C)on1. The number of aromatic nitrogens is 1. The van der Waals surface area contributed by atoms with E-state index in [4.69, 9.17) is 4.52 Å². The van der Waals surface area contributed by atoms with E-state index in [1.54, 1.807) is 0 Å². The van der Waals surface area contributed by atoms with Crippen molar-refractivity contribution in [3.8, 4) is 0 Å². The van der Waals surface area contributed by atoms with Crippen LogP contribution < -0.4 is 5.32 Å². The Hall–Kier alpha value is -1.36. The van der Waals surface area contributed by atoms with E-state index in [0.717, 1.165) is 17.9 Å². The van der Waals surface area contributed by atoms with E-state index in [9.17, 15) is 4.79 Å². The van der Waals surface area contributed by atoms with Gasteiger partial charge in [-0.1, -0.05) is 12.1 Å². The number of nitrogens with zero attached hydrogens (tertiary/aromatic N) is 2. The Kier molecular flexibility index (Phi) is 5.11. The number of rotatable bonds is 6. The molecule has 1 amide bonds. The fraction of sp³-hybridized carbons (Fsp3) is 0.714. The minimum atomic E-state index is -0.206. The van der Waals surface area contributed by atoms with E-state index in [1.807, 2.05) is 45.7 Å². The molecule has 5 heteroatoms. The Morgan fingerprint density at radius 3 is 2.68 bits per heavy atom. The number of hydrogen-bond donors (Lipinski definition) is 1. The van der Waals surface area contributed by atoms with E-state index in [-0.39, 0.29) is 17.5 Å². The summed E-state index contributed by atoms with van der Waals surface area (Å²) in [6, 6.07) is 1.68. The summed E-state index contributed by atoms with van der Waals surface area (Å²) >= 11 is 0. The average Bonchev–Trinajstić information content (AvgIpc) is 2.73. The van der Waals surface area contributed by atoms with Gasteiger partial charge in [0, 0.05) is 18.2 Å². The maximum absolute atomic E-state index is 12.2. The maximum atomic E-state index is 12.2. The number of nitrogens with one attached hydrogen (secondary N) is 1. The van der Waals surface area contributed by atoms with Crippen LogP contribution in [0.15, 0.2) is 10.6 Å². The van der Waals surface area contributed by atoms with Crippen molar-refractivity contribution in [2.24, 2.45) is 0 Å². The molecule has 1 atom stereocenters. The summed E-state index contributed by atoms with van der Waals surface area (Å²) in [5.41, 5.74) is 0.672. The summed E-state index contributed by atoms with van der Waals surface area (Å²) in [5, 5.41) is 6.99. The molecule has 0 saturated heterocycles. The quantitative estimate of drug-likeness (QED) is 0.857. The molecule has 1 heterocycles. The molecule has 1 rings (SSSR count). The van der Waals surface area contributed by atoms with Crippen LogP contribution in [0.5, 0.6) is 0 Å². The van der Waals surface area contributed by atoms with Gasteiger partial charge in [0.2, 0.25) is 5.91 Å². The van der Waals surface area contributed by atoms with Crippen molar-refractivity contribution in [1.29, 1.82) is 0 Å². The van der Waals surface area contributed by atoms with Crippen LogP contribution in [0.4, 0.5) is 0 Å². The van der Waals surface area contributed by atoms with Crippen LogP contribution in [0.2, 0.25) is 0 Å². The summed E-state index contributed by atoms with van der Waals surface area (Å²) in [6.07, 6.45) is 0.900. The summed E-state index contributed by atoms with van der Waals surface area (Å²) < 4.78 is 5.03. The molecule has 1 unspecified atom stereocenters. The van der Waals surface area contributed by atoms with E-state index in [2.05, 4.69) is 17.4 Å². The van der Waals surface area contributed by atoms with Crippen molar-refractivity contribution in [2.75, 3.05) is 7.05 Å². The Balaban J connectivity index is 2.56. The molecule has 1 aromatic rings. The highest BCUT2D eigenvalue weighted by molar-refractivity contribution is 5.81. The molecule has 0 spiro atoms. The summed E-state index contributed by atoms with van der Waals surface area (Å²) in [4.78, 5) is 14.1. The smallest absolute Gasteiger partial charge is 0.237 e. The standard InChI is InChI=1S/C14H25N3O2/c1-7-14(4,5)15-13(18)11(3)17(6)9-12-8-10(2)19-16-12/h8,11H,7,9H2,1-6H3,(H,15,18). The second-order valence-electron chi connectivity index (χ2n) is 5.75. The number of amides is 1. The molecule has 108 valence electrons. The first-order valence-corrected chi connectivity index (χ1v) is 6.69. The van der Waals surface area contributed by atoms with Crippen LogP contribution in [0.3, 0.4) is 0 Å². The van der Waals surface area contributed by atoms with Gasteiger partial charge in [-0.25, -0.2) is 0 Å². The summed E-state index contributed by atoms with van der Waals surface area (Å²) in [6.45, 7) is 10.5. The third-order valence-electron chi connectivity index (χ3n) is 3.47. The van der Waals surface area contributed by atoms with Gasteiger partial charge in [-0.3, -0.25) is 9.69 Å². The number of aryl methyl sites for hydroxylation is 1. The second-order valence-corrected chi connectivity index (χ2v) is 5.75. The molecule has 0 aliphatic rings. The molecular formula is C14H25N3O2. The Morgan fingerprint density at radius 1 is 1.58 bits per heavy atom. The van der Waals surface area contributed by atoms with Gasteiger partial charge in [-0.2, -0.15) is 0 Å². The molecule has 0 aliphatic heterocycles. The normalized spacial score (nSPS) is 13.6. The van der Waals surface area contributed by atoms with Crippen molar-refractivity contribution >= 4 is 5.91 Å². The first-order chi connectivity index (χ1) is 8.75. The maximum Gasteiger partial charge on any atom is 0.237 e. The number of carbonyl (C=O) groups excluding carboxylic acids is 1. The van der Waals surface area contributed by atoms with Gasteiger partial charge in [-0.05, 0) is 41.2 Å². The number of likely N-dealkylation sites (N-methyl/N-ethyl adjacent to an activating group) is 1. The number of carbonyl (C=O) groups is 1. The molecule has 1 N–H and O–H groups in total. The van der Waals surface area contributed by atoms with E-state index in [1.165, 1.54) is 0 Å². The fourth-order valence-corrected chi connectivity index (χ4v) is 1.61. The summed E-state index contributed by atoms with van der Waals surface area (Å²) in [5.74, 6) is 0.821. The minimum absolute atomic E-state index is 0.0366. The van der Waals surface area contributed by atoms with Gasteiger partial charge in [0.05, 0.1) is 11.7 Å². The average molecular weight is 267 g/mol. The molecule has 19 heavy (non-hydrogen) atoms. The fourth-order valence-electron chi connectivity index (χ4n) is 1.61. The zero-order valence-electron chi connectivity index (χ0n) is 12.8. The molecule has 0 fully saturated rings. The number of hydrogen-bond acceptors (Lipinski definition) is 4. The largest absolute Gasteiger partial charge is 0.361 e. The van der Waals surface area contributed by atoms with Crippen LogP contribution in [-0.2, 0) is 11.3 Å². The lowest BCUT2D eigenvalue weighted by atomic mass is 10.0. The van der Waals surface area contributed by atoms with Gasteiger partial charge < -0.3 is 9.84 Å². The third kappa shape index (κ3) is 4.67. The van der Waals surface area contributed by atoms with Gasteiger partial charge >= 0.3 is 0 Å². The van der Waals surface area contributed by atoms with Crippen molar-refractivity contribution < 1.29 is 9.32 Å². The highest BCUT2D eigenvalue weighted by Crippen LogP contribution is 2.10. The molecule has 0 radical (unpaired) electrons. The van der Waals surface area contributed by atoms with Crippen LogP contribution in [-0.4, -0.2) is 34.6 Å². The lowest BCUT2D eigenvalue weighted by Crippen LogP contribution is -2.50. The lowest BCUT2D eigenvalue weighted by molar-refractivity contribution is -0.127. The summed E-state index contributed by atoms with van der Waals surface area (Å²) in [7, 11) is 1.91. The molecule has 0 saturated carbocycles. The van der Waals surface area contributed by atoms with Crippen molar-refractivity contribution in [2.45, 2.75) is 59.2 Å². The molecular weight excluding hydrogens is 242 g/mol. The first-order valence-electron chi connectivity index (χ1n) is 6.69. The molecule has 1 aromatic heterocycles. The van der Waals surface area contributed by atoms with Crippen LogP contribution in [0.1, 0.15) is 45.6 Å². The van der Waals surface area contributed by atoms with Gasteiger partial charge in [0.15, 0.2) is 0 Å². The Labute approximate surface area is 115 Å². The topological polar surface area (TPSA) is 58.4 Å². The molecule has 5 nitrogen and oxygen atoms in total. The highest BCUT2D eigenvalue weighted by Gasteiger charge is 2.24. The van der Waals surface area contributed by atoms with Crippen LogP contribution in [0, 0.1) is 6.92 Å². The monoisotopic (exact) mass is 267 g/mol. The van der Waals surface area contributed by atoms with Gasteiger partial charge in [0.25, 0.3) is 0 Å². The predicted octanol–water partition coefficient (Wildman–Crippen LogP) is 2.11. The van der Waals surface area contributed by atoms with Gasteiger partial charge in [-0.15, -0.1) is 0 Å². The molecule has 0 aliphatic carbocycles. The minimum Gasteiger partial charge on any atom is -0.361 e. The third-order valence-corrected chi connectivity index (χ3v) is 3.47. The predicted molar refractivity (Wildman–Crippen MR) is 74.7 cm³/mol. The lowest BCUT2D eigenvalue weighted by Gasteiger charge is -2.29. The van der Waals surface area contributed by atoms with Crippen molar-refractivity contribution in [3.63, 3.8) is 0 Å². The Bertz CT molecular complexity index is 426. The van der Waals surface area contributed by atoms with Crippen LogP contribution >= 0.6 is 0 Å².